The van der Waals surface area contributed by atoms with Gasteiger partial charge in [-0.25, -0.2) is 4.79 Å². The molecule has 1 aliphatic rings. The van der Waals surface area contributed by atoms with Gasteiger partial charge in [-0.05, 0) is 50.6 Å². The van der Waals surface area contributed by atoms with Gasteiger partial charge in [0, 0.05) is 7.11 Å². The molecule has 38 heavy (non-hydrogen) atoms. The van der Waals surface area contributed by atoms with Crippen LogP contribution in [0, 0.1) is 0 Å². The minimum atomic E-state index is -1.64. The van der Waals surface area contributed by atoms with Crippen LogP contribution in [0.2, 0.25) is 5.02 Å². The number of ether oxygens (including phenoxy) is 5. The summed E-state index contributed by atoms with van der Waals surface area (Å²) in [4.78, 5) is 22.6. The molecule has 1 saturated heterocycles. The zero-order valence-electron chi connectivity index (χ0n) is 21.8. The number of hydrogen-bond donors (Lipinski definition) is 3. The number of aliphatic hydroxyl groups is 3. The Bertz CT molecular complexity index is 1090. The van der Waals surface area contributed by atoms with E-state index in [1.165, 1.54) is 26.4 Å². The third-order valence-corrected chi connectivity index (χ3v) is 5.78. The molecule has 0 aromatic heterocycles. The molecule has 3 N–H and O–H groups in total. The predicted molar refractivity (Wildman–Crippen MR) is 134 cm³/mol. The molecule has 0 spiro atoms. The van der Waals surface area contributed by atoms with E-state index >= 15 is 0 Å². The Kier molecular flexibility index (Phi) is 10.2. The first-order valence-electron chi connectivity index (χ1n) is 11.8. The van der Waals surface area contributed by atoms with E-state index in [9.17, 15) is 20.1 Å². The van der Waals surface area contributed by atoms with E-state index in [0.29, 0.717) is 5.75 Å². The SMILES string of the molecule is COc1cc(C(=O)OO[C@@H]2[C@@H](OC)[C@H](O)[C@@H](CO)O[C@@H]2O)cc(Cl)c1OCc1cccc(OC(C)(C)C)c1. The summed E-state index contributed by atoms with van der Waals surface area (Å²) in [6, 6.07) is 10.1. The van der Waals surface area contributed by atoms with E-state index in [4.69, 9.17) is 45.1 Å². The van der Waals surface area contributed by atoms with Crippen molar-refractivity contribution in [3.8, 4) is 17.2 Å². The summed E-state index contributed by atoms with van der Waals surface area (Å²) in [6.07, 6.45) is -6.63. The molecule has 0 bridgehead atoms. The zero-order chi connectivity index (χ0) is 28.0. The summed E-state index contributed by atoms with van der Waals surface area (Å²) >= 11 is 6.40. The van der Waals surface area contributed by atoms with Crippen molar-refractivity contribution in [2.45, 2.75) is 63.7 Å². The highest BCUT2D eigenvalue weighted by molar-refractivity contribution is 6.32. The second kappa shape index (κ2) is 12.9. The van der Waals surface area contributed by atoms with Crippen LogP contribution in [-0.4, -0.2) is 78.4 Å². The van der Waals surface area contributed by atoms with Crippen LogP contribution in [0.5, 0.6) is 17.2 Å². The van der Waals surface area contributed by atoms with Crippen molar-refractivity contribution >= 4 is 17.6 Å². The van der Waals surface area contributed by atoms with Gasteiger partial charge < -0.3 is 39.0 Å². The first kappa shape index (κ1) is 29.9. The lowest BCUT2D eigenvalue weighted by molar-refractivity contribution is -0.378. The lowest BCUT2D eigenvalue weighted by atomic mass is 9.99. The fourth-order valence-corrected chi connectivity index (χ4v) is 4.03. The summed E-state index contributed by atoms with van der Waals surface area (Å²) in [7, 11) is 2.65. The van der Waals surface area contributed by atoms with E-state index in [1.54, 1.807) is 0 Å². The number of rotatable bonds is 10. The molecule has 2 aromatic carbocycles. The topological polar surface area (TPSA) is 142 Å². The average molecular weight is 557 g/mol. The van der Waals surface area contributed by atoms with E-state index < -0.39 is 43.3 Å². The van der Waals surface area contributed by atoms with Crippen molar-refractivity contribution in [3.63, 3.8) is 0 Å². The second-order valence-electron chi connectivity index (χ2n) is 9.51. The summed E-state index contributed by atoms with van der Waals surface area (Å²) in [5.41, 5.74) is 0.441. The van der Waals surface area contributed by atoms with Crippen molar-refractivity contribution < 1.29 is 53.6 Å². The van der Waals surface area contributed by atoms with E-state index in [2.05, 4.69) is 0 Å². The third kappa shape index (κ3) is 7.48. The van der Waals surface area contributed by atoms with Crippen molar-refractivity contribution in [2.24, 2.45) is 0 Å². The molecular formula is C26H33ClO11. The highest BCUT2D eigenvalue weighted by Gasteiger charge is 2.47. The average Bonchev–Trinajstić information content (AvgIpc) is 2.86. The fraction of sp³-hybridized carbons (Fsp3) is 0.500. The number of carbonyl (C=O) groups is 1. The highest BCUT2D eigenvalue weighted by atomic mass is 35.5. The molecule has 210 valence electrons. The van der Waals surface area contributed by atoms with E-state index in [0.717, 1.165) is 5.56 Å². The molecule has 0 radical (unpaired) electrons. The Hall–Kier alpha value is -2.64. The molecule has 1 heterocycles. The van der Waals surface area contributed by atoms with Crippen LogP contribution in [0.15, 0.2) is 36.4 Å². The molecule has 2 aromatic rings. The van der Waals surface area contributed by atoms with Gasteiger partial charge in [0.1, 0.15) is 36.3 Å². The smallest absolute Gasteiger partial charge is 0.373 e. The lowest BCUT2D eigenvalue weighted by Gasteiger charge is -2.40. The lowest BCUT2D eigenvalue weighted by Crippen LogP contribution is -2.60. The fourth-order valence-electron chi connectivity index (χ4n) is 3.76. The molecule has 0 amide bonds. The standard InChI is InChI=1S/C26H33ClO11/c1-26(2,3)36-16-8-6-7-14(9-16)13-34-21-17(27)10-15(11-18(21)32-4)24(30)38-37-23-22(33-5)20(29)19(12-28)35-25(23)31/h6-11,19-20,22-23,25,28-29,31H,12-13H2,1-5H3/t19-,20-,22+,23-,25+/m1/s1. The van der Waals surface area contributed by atoms with Crippen LogP contribution in [0.4, 0.5) is 0 Å². The van der Waals surface area contributed by atoms with Gasteiger partial charge in [0.25, 0.3) is 0 Å². The molecule has 12 heteroatoms. The first-order chi connectivity index (χ1) is 18.0. The second-order valence-corrected chi connectivity index (χ2v) is 9.92. The van der Waals surface area contributed by atoms with E-state index in [-0.39, 0.29) is 34.3 Å². The number of methoxy groups -OCH3 is 2. The molecule has 3 rings (SSSR count). The monoisotopic (exact) mass is 556 g/mol. The van der Waals surface area contributed by atoms with Crippen molar-refractivity contribution in [1.82, 2.24) is 0 Å². The summed E-state index contributed by atoms with van der Waals surface area (Å²) in [6.45, 7) is 5.45. The Morgan fingerprint density at radius 1 is 1.11 bits per heavy atom. The molecule has 11 nitrogen and oxygen atoms in total. The normalized spacial score (nSPS) is 23.6. The summed E-state index contributed by atoms with van der Waals surface area (Å²) in [5.74, 6) is 0.106. The number of halogens is 1. The first-order valence-corrected chi connectivity index (χ1v) is 12.2. The number of carbonyl (C=O) groups excluding carboxylic acids is 1. The van der Waals surface area contributed by atoms with E-state index in [1.807, 2.05) is 45.0 Å². The van der Waals surface area contributed by atoms with Crippen molar-refractivity contribution in [1.29, 1.82) is 0 Å². The molecule has 5 atom stereocenters. The maximum Gasteiger partial charge on any atom is 0.373 e. The van der Waals surface area contributed by atoms with Crippen molar-refractivity contribution in [2.75, 3.05) is 20.8 Å². The van der Waals surface area contributed by atoms with Gasteiger partial charge in [-0.2, -0.15) is 4.89 Å². The van der Waals surface area contributed by atoms with Crippen LogP contribution in [0.1, 0.15) is 36.7 Å². The zero-order valence-corrected chi connectivity index (χ0v) is 22.5. The van der Waals surface area contributed by atoms with Crippen LogP contribution in [-0.2, 0) is 25.9 Å². The van der Waals surface area contributed by atoms with Gasteiger partial charge in [0.05, 0.1) is 24.3 Å². The number of hydrogen-bond acceptors (Lipinski definition) is 11. The van der Waals surface area contributed by atoms with Crippen LogP contribution in [0.25, 0.3) is 0 Å². The number of aliphatic hydroxyl groups excluding tert-OH is 3. The molecular weight excluding hydrogens is 524 g/mol. The highest BCUT2D eigenvalue weighted by Crippen LogP contribution is 2.37. The molecule has 0 saturated carbocycles. The molecule has 1 aliphatic heterocycles. The van der Waals surface area contributed by atoms with Gasteiger partial charge in [-0.1, -0.05) is 23.7 Å². The van der Waals surface area contributed by atoms with Crippen molar-refractivity contribution in [3.05, 3.63) is 52.5 Å². The number of benzene rings is 2. The predicted octanol–water partition coefficient (Wildman–Crippen LogP) is 2.65. The third-order valence-electron chi connectivity index (χ3n) is 5.49. The van der Waals surface area contributed by atoms with Crippen LogP contribution in [0.3, 0.4) is 0 Å². The molecule has 1 fully saturated rings. The molecule has 0 aliphatic carbocycles. The minimum Gasteiger partial charge on any atom is -0.493 e. The van der Waals surface area contributed by atoms with Gasteiger partial charge in [-0.3, -0.25) is 4.89 Å². The van der Waals surface area contributed by atoms with Gasteiger partial charge in [0.15, 0.2) is 23.9 Å². The summed E-state index contributed by atoms with van der Waals surface area (Å²) in [5, 5.41) is 29.8. The molecule has 0 unspecified atom stereocenters. The quantitative estimate of drug-likeness (QED) is 0.293. The maximum atomic E-state index is 12.7. The summed E-state index contributed by atoms with van der Waals surface area (Å²) < 4.78 is 27.4. The minimum absolute atomic E-state index is 0.0336. The maximum absolute atomic E-state index is 12.7. The van der Waals surface area contributed by atoms with Crippen LogP contribution < -0.4 is 14.2 Å². The Balaban J connectivity index is 1.68. The largest absolute Gasteiger partial charge is 0.493 e. The van der Waals surface area contributed by atoms with Crippen LogP contribution >= 0.6 is 11.6 Å². The van der Waals surface area contributed by atoms with Gasteiger partial charge in [-0.15, -0.1) is 0 Å². The van der Waals surface area contributed by atoms with Gasteiger partial charge in [0.2, 0.25) is 0 Å². The Morgan fingerprint density at radius 2 is 1.84 bits per heavy atom. The Labute approximate surface area is 225 Å². The van der Waals surface area contributed by atoms with Gasteiger partial charge >= 0.3 is 5.97 Å². The Morgan fingerprint density at radius 3 is 2.47 bits per heavy atom.